The molecule has 1 spiro atoms. The molecule has 0 unspecified atom stereocenters. The summed E-state index contributed by atoms with van der Waals surface area (Å²) in [5.41, 5.74) is 15.7. The molecule has 1 heteroatoms. The molecule has 0 radical (unpaired) electrons. The van der Waals surface area contributed by atoms with E-state index >= 15 is 0 Å². The first-order valence-electron chi connectivity index (χ1n) is 22.3. The van der Waals surface area contributed by atoms with Crippen LogP contribution in [0.5, 0.6) is 0 Å². The largest absolute Gasteiger partial charge is 0.309 e. The first-order valence-corrected chi connectivity index (χ1v) is 22.3. The van der Waals surface area contributed by atoms with Gasteiger partial charge in [0.15, 0.2) is 0 Å². The predicted molar refractivity (Wildman–Crippen MR) is 270 cm³/mol. The molecule has 0 fully saturated rings. The lowest BCUT2D eigenvalue weighted by molar-refractivity contribution is 0.753. The van der Waals surface area contributed by atoms with Gasteiger partial charge in [-0.1, -0.05) is 194 Å². The third-order valence-corrected chi connectivity index (χ3v) is 14.4. The second-order valence-electron chi connectivity index (χ2n) is 17.5. The van der Waals surface area contributed by atoms with Crippen molar-refractivity contribution in [1.29, 1.82) is 0 Å². The van der Waals surface area contributed by atoms with E-state index in [1.54, 1.807) is 0 Å². The van der Waals surface area contributed by atoms with Crippen LogP contribution in [0.2, 0.25) is 0 Å². The fraction of sp³-hybridized carbons (Fsp3) is 0.0159. The van der Waals surface area contributed by atoms with Crippen LogP contribution in [0.15, 0.2) is 237 Å². The van der Waals surface area contributed by atoms with Crippen LogP contribution in [-0.2, 0) is 5.41 Å². The lowest BCUT2D eigenvalue weighted by Gasteiger charge is -2.45. The molecule has 296 valence electrons. The van der Waals surface area contributed by atoms with Crippen molar-refractivity contribution >= 4 is 70.9 Å². The molecule has 0 amide bonds. The molecule has 0 aromatic heterocycles. The molecule has 0 bridgehead atoms. The third kappa shape index (κ3) is 4.79. The Morgan fingerprint density at radius 2 is 0.609 bits per heavy atom. The van der Waals surface area contributed by atoms with E-state index in [0.717, 1.165) is 0 Å². The maximum atomic E-state index is 2.55. The molecule has 1 aliphatic carbocycles. The monoisotopic (exact) mass is 809 g/mol. The van der Waals surface area contributed by atoms with Crippen molar-refractivity contribution in [2.24, 2.45) is 0 Å². The van der Waals surface area contributed by atoms with Gasteiger partial charge in [-0.2, -0.15) is 0 Å². The minimum Gasteiger partial charge on any atom is -0.309 e. The lowest BCUT2D eigenvalue weighted by Crippen LogP contribution is -2.36. The topological polar surface area (TPSA) is 3.24 Å². The number of benzene rings is 12. The summed E-state index contributed by atoms with van der Waals surface area (Å²) in [4.78, 5) is 2.53. The van der Waals surface area contributed by atoms with Gasteiger partial charge in [0, 0.05) is 5.39 Å². The molecule has 0 atom stereocenters. The van der Waals surface area contributed by atoms with E-state index in [1.165, 1.54) is 127 Å². The quantitative estimate of drug-likeness (QED) is 0.161. The molecule has 2 aliphatic rings. The lowest BCUT2D eigenvalue weighted by atomic mass is 9.64. The molecule has 12 aromatic carbocycles. The smallest absolute Gasteiger partial charge is 0.0754 e. The van der Waals surface area contributed by atoms with Gasteiger partial charge in [0.05, 0.1) is 22.5 Å². The zero-order valence-electron chi connectivity index (χ0n) is 35.0. The minimum atomic E-state index is -0.647. The van der Waals surface area contributed by atoms with Gasteiger partial charge in [0.2, 0.25) is 0 Å². The highest BCUT2D eigenvalue weighted by atomic mass is 15.2. The predicted octanol–water partition coefficient (Wildman–Crippen LogP) is 16.9. The molecule has 64 heavy (non-hydrogen) atoms. The Morgan fingerprint density at radius 1 is 0.250 bits per heavy atom. The molecule has 0 saturated carbocycles. The number of anilines is 3. The molecular formula is C63H39N. The average Bonchev–Trinajstić information content (AvgIpc) is 3.64. The van der Waals surface area contributed by atoms with Crippen molar-refractivity contribution in [3.05, 3.63) is 259 Å². The van der Waals surface area contributed by atoms with Crippen LogP contribution in [0.4, 0.5) is 17.1 Å². The summed E-state index contributed by atoms with van der Waals surface area (Å²) in [6.07, 6.45) is 0. The van der Waals surface area contributed by atoms with E-state index in [4.69, 9.17) is 0 Å². The molecule has 0 saturated heterocycles. The zero-order chi connectivity index (χ0) is 41.9. The van der Waals surface area contributed by atoms with Gasteiger partial charge in [-0.3, -0.25) is 0 Å². The molecule has 1 heterocycles. The highest BCUT2D eigenvalue weighted by Crippen LogP contribution is 2.64. The molecule has 0 N–H and O–H groups in total. The molecular weight excluding hydrogens is 771 g/mol. The number of para-hydroxylation sites is 2. The molecule has 14 rings (SSSR count). The van der Waals surface area contributed by atoms with E-state index in [9.17, 15) is 0 Å². The second-order valence-corrected chi connectivity index (χ2v) is 17.5. The zero-order valence-corrected chi connectivity index (χ0v) is 35.0. The molecule has 12 aromatic rings. The fourth-order valence-electron chi connectivity index (χ4n) is 11.8. The van der Waals surface area contributed by atoms with Gasteiger partial charge in [-0.15, -0.1) is 0 Å². The number of hydrogen-bond donors (Lipinski definition) is 0. The van der Waals surface area contributed by atoms with Crippen molar-refractivity contribution < 1.29 is 0 Å². The van der Waals surface area contributed by atoms with Gasteiger partial charge in [0.25, 0.3) is 0 Å². The van der Waals surface area contributed by atoms with Crippen molar-refractivity contribution in [1.82, 2.24) is 0 Å². The van der Waals surface area contributed by atoms with Gasteiger partial charge in [-0.25, -0.2) is 0 Å². The van der Waals surface area contributed by atoms with Gasteiger partial charge in [0.1, 0.15) is 0 Å². The summed E-state index contributed by atoms with van der Waals surface area (Å²) >= 11 is 0. The number of nitrogens with zero attached hydrogens (tertiary/aromatic N) is 1. The summed E-state index contributed by atoms with van der Waals surface area (Å²) in [6.45, 7) is 0. The van der Waals surface area contributed by atoms with Crippen LogP contribution >= 0.6 is 0 Å². The number of rotatable bonds is 3. The minimum absolute atomic E-state index is 0.647. The summed E-state index contributed by atoms with van der Waals surface area (Å²) in [6, 6.07) is 88.9. The van der Waals surface area contributed by atoms with Gasteiger partial charge < -0.3 is 4.90 Å². The Balaban J connectivity index is 1.12. The highest BCUT2D eigenvalue weighted by molar-refractivity contribution is 6.15. The maximum Gasteiger partial charge on any atom is 0.0754 e. The Morgan fingerprint density at radius 3 is 1.08 bits per heavy atom. The van der Waals surface area contributed by atoms with Crippen LogP contribution < -0.4 is 4.90 Å². The SMILES string of the molecule is c1ccc2c(c1)N(c1cccc3ccccc13)c1ccccc1C21c2cc(-c3c4ccccc4cc4ccccc34)ccc2-c2ccc(-c3c4ccccc4cc4ccccc34)cc21. The highest BCUT2D eigenvalue weighted by Gasteiger charge is 2.52. The fourth-order valence-corrected chi connectivity index (χ4v) is 11.8. The van der Waals surface area contributed by atoms with Gasteiger partial charge in [-0.05, 0) is 147 Å². The Labute approximate surface area is 371 Å². The van der Waals surface area contributed by atoms with E-state index < -0.39 is 5.41 Å². The number of fused-ring (bicyclic) bond motifs is 14. The first kappa shape index (κ1) is 35.3. The van der Waals surface area contributed by atoms with E-state index in [-0.39, 0.29) is 0 Å². The van der Waals surface area contributed by atoms with Crippen LogP contribution in [-0.4, -0.2) is 0 Å². The Bertz CT molecular complexity index is 3600. The van der Waals surface area contributed by atoms with E-state index in [2.05, 4.69) is 241 Å². The maximum absolute atomic E-state index is 2.55. The summed E-state index contributed by atoms with van der Waals surface area (Å²) in [5, 5.41) is 12.5. The summed E-state index contributed by atoms with van der Waals surface area (Å²) in [7, 11) is 0. The van der Waals surface area contributed by atoms with Crippen LogP contribution in [0.3, 0.4) is 0 Å². The van der Waals surface area contributed by atoms with Crippen LogP contribution in [0.1, 0.15) is 22.3 Å². The average molecular weight is 810 g/mol. The van der Waals surface area contributed by atoms with Crippen molar-refractivity contribution in [3.63, 3.8) is 0 Å². The molecule has 1 nitrogen and oxygen atoms in total. The summed E-state index contributed by atoms with van der Waals surface area (Å²) in [5.74, 6) is 0. The van der Waals surface area contributed by atoms with Crippen molar-refractivity contribution in [2.45, 2.75) is 5.41 Å². The van der Waals surface area contributed by atoms with Crippen molar-refractivity contribution in [3.8, 4) is 33.4 Å². The Hall–Kier alpha value is -8.26. The van der Waals surface area contributed by atoms with Crippen molar-refractivity contribution in [2.75, 3.05) is 4.90 Å². The number of hydrogen-bond acceptors (Lipinski definition) is 1. The van der Waals surface area contributed by atoms with E-state index in [0.29, 0.717) is 0 Å². The first-order chi connectivity index (χ1) is 31.8. The second kappa shape index (κ2) is 13.4. The standard InChI is InChI=1S/C63H39N/c1-6-22-47-40(16-1)21-15-31-58(47)64-59-29-13-11-27-54(59)63(55-28-12-14-30-60(55)64)56-38-45(61-48-23-7-2-17-41(48)36-42-18-3-8-24-49(42)61)32-34-52(56)53-35-33-46(39-57(53)63)62-50-25-9-4-19-43(50)37-44-20-5-10-26-51(44)62/h1-39H. The van der Waals surface area contributed by atoms with Crippen LogP contribution in [0, 0.1) is 0 Å². The summed E-state index contributed by atoms with van der Waals surface area (Å²) < 4.78 is 0. The normalized spacial score (nSPS) is 13.4. The van der Waals surface area contributed by atoms with E-state index in [1.807, 2.05) is 0 Å². The van der Waals surface area contributed by atoms with Gasteiger partial charge >= 0.3 is 0 Å². The van der Waals surface area contributed by atoms with Crippen LogP contribution in [0.25, 0.3) is 87.2 Å². The Kier molecular flexibility index (Phi) is 7.38. The molecule has 1 aliphatic heterocycles. The third-order valence-electron chi connectivity index (χ3n) is 14.4.